The first kappa shape index (κ1) is 31.1. The van der Waals surface area contributed by atoms with Gasteiger partial charge in [0.2, 0.25) is 5.82 Å². The number of aromatic nitrogens is 4. The van der Waals surface area contributed by atoms with Crippen LogP contribution in [0.2, 0.25) is 5.02 Å². The van der Waals surface area contributed by atoms with Gasteiger partial charge in [-0.25, -0.2) is 4.98 Å². The first-order valence-electron chi connectivity index (χ1n) is 13.3. The number of methoxy groups -OCH3 is 2. The van der Waals surface area contributed by atoms with E-state index in [1.165, 1.54) is 43.4 Å². The van der Waals surface area contributed by atoms with Gasteiger partial charge in [-0.1, -0.05) is 30.7 Å². The van der Waals surface area contributed by atoms with Crippen LogP contribution in [0.15, 0.2) is 36.4 Å². The summed E-state index contributed by atoms with van der Waals surface area (Å²) in [6, 6.07) is 10.1. The zero-order valence-corrected chi connectivity index (χ0v) is 26.0. The van der Waals surface area contributed by atoms with Crippen LogP contribution in [0.1, 0.15) is 62.2 Å². The summed E-state index contributed by atoms with van der Waals surface area (Å²) in [6.07, 6.45) is -3.74. The number of rotatable bonds is 9. The van der Waals surface area contributed by atoms with E-state index >= 15 is 0 Å². The fraction of sp³-hybridized carbons (Fsp3) is 0.379. The van der Waals surface area contributed by atoms with E-state index in [0.29, 0.717) is 51.2 Å². The lowest BCUT2D eigenvalue weighted by Gasteiger charge is -2.23. The second kappa shape index (κ2) is 12.4. The van der Waals surface area contributed by atoms with Crippen molar-refractivity contribution in [2.75, 3.05) is 14.2 Å². The van der Waals surface area contributed by atoms with Crippen molar-refractivity contribution in [1.82, 2.24) is 19.7 Å². The van der Waals surface area contributed by atoms with Crippen LogP contribution < -0.4 is 9.47 Å². The second-order valence-corrected chi connectivity index (χ2v) is 12.9. The summed E-state index contributed by atoms with van der Waals surface area (Å²) < 4.78 is 55.3. The highest BCUT2D eigenvalue weighted by Gasteiger charge is 2.43. The molecule has 0 saturated carbocycles. The van der Waals surface area contributed by atoms with Crippen molar-refractivity contribution in [2.24, 2.45) is 5.92 Å². The quantitative estimate of drug-likeness (QED) is 0.199. The third-order valence-electron chi connectivity index (χ3n) is 7.33. The number of carbonyl (C=O) groups is 1. The largest absolute Gasteiger partial charge is 0.493 e. The Morgan fingerprint density at radius 3 is 2.58 bits per heavy atom. The maximum atomic E-state index is 14.3. The average Bonchev–Trinajstić information content (AvgIpc) is 3.53. The number of fused-ring (bicyclic) bond motifs is 3. The molecule has 2 aromatic carbocycles. The first-order chi connectivity index (χ1) is 20.5. The zero-order chi connectivity index (χ0) is 31.1. The third-order valence-corrected chi connectivity index (χ3v) is 10.3. The summed E-state index contributed by atoms with van der Waals surface area (Å²) in [5.41, 5.74) is 2.18. The van der Waals surface area contributed by atoms with Gasteiger partial charge in [0.25, 0.3) is 0 Å². The molecule has 3 atom stereocenters. The molecule has 0 spiro atoms. The Balaban J connectivity index is 1.68. The fourth-order valence-electron chi connectivity index (χ4n) is 5.22. The Morgan fingerprint density at radius 1 is 1.16 bits per heavy atom. The van der Waals surface area contributed by atoms with Crippen molar-refractivity contribution < 1.29 is 32.5 Å². The number of aryl methyl sites for hydroxylation is 1. The highest BCUT2D eigenvalue weighted by Crippen LogP contribution is 2.54. The summed E-state index contributed by atoms with van der Waals surface area (Å²) in [5.74, 6) is -1.52. The molecule has 1 N–H and O–H groups in total. The molecule has 0 amide bonds. The molecule has 228 valence electrons. The minimum atomic E-state index is -4.78. The molecular weight excluding hydrogens is 625 g/mol. The lowest BCUT2D eigenvalue weighted by molar-refractivity contribution is -0.146. The summed E-state index contributed by atoms with van der Waals surface area (Å²) in [4.78, 5) is 17.2. The Labute approximate surface area is 259 Å². The number of nitrogens with zero attached hydrogens (tertiary/aromatic N) is 4. The van der Waals surface area contributed by atoms with Crippen molar-refractivity contribution in [3.8, 4) is 17.2 Å². The van der Waals surface area contributed by atoms with Crippen molar-refractivity contribution in [1.29, 1.82) is 0 Å². The Morgan fingerprint density at radius 2 is 1.93 bits per heavy atom. The number of ether oxygens (including phenoxy) is 2. The van der Waals surface area contributed by atoms with Gasteiger partial charge in [0.15, 0.2) is 17.3 Å². The molecule has 43 heavy (non-hydrogen) atoms. The minimum absolute atomic E-state index is 0.122. The second-order valence-electron chi connectivity index (χ2n) is 9.97. The molecule has 0 radical (unpaired) electrons. The highest BCUT2D eigenvalue weighted by atomic mass is 35.5. The van der Waals surface area contributed by atoms with Gasteiger partial charge in [-0.2, -0.15) is 13.2 Å². The Bertz CT molecular complexity index is 1660. The fourth-order valence-corrected chi connectivity index (χ4v) is 8.22. The normalized spacial score (nSPS) is 17.1. The molecular formula is C29H28ClF3N4O4S2. The first-order valence-corrected chi connectivity index (χ1v) is 15.5. The molecule has 8 nitrogen and oxygen atoms in total. The number of halogens is 4. The van der Waals surface area contributed by atoms with Gasteiger partial charge in [-0.3, -0.25) is 9.36 Å². The van der Waals surface area contributed by atoms with E-state index in [9.17, 15) is 23.1 Å². The Hall–Kier alpha value is -3.29. The minimum Gasteiger partial charge on any atom is -0.493 e. The molecule has 14 heteroatoms. The van der Waals surface area contributed by atoms with Crippen molar-refractivity contribution >= 4 is 40.7 Å². The molecule has 4 aromatic rings. The number of thioether (sulfide) groups is 1. The summed E-state index contributed by atoms with van der Waals surface area (Å²) in [7, 11) is 3.03. The lowest BCUT2D eigenvalue weighted by atomic mass is 10.0. The number of para-hydroxylation sites is 1. The van der Waals surface area contributed by atoms with Crippen molar-refractivity contribution in [3.05, 3.63) is 79.8 Å². The van der Waals surface area contributed by atoms with Crippen molar-refractivity contribution in [3.63, 3.8) is 0 Å². The molecule has 0 bridgehead atoms. The van der Waals surface area contributed by atoms with E-state index in [1.54, 1.807) is 24.3 Å². The molecule has 3 unspecified atom stereocenters. The van der Waals surface area contributed by atoms with Crippen LogP contribution in [0.25, 0.3) is 5.69 Å². The molecule has 5 rings (SSSR count). The molecule has 0 fully saturated rings. The van der Waals surface area contributed by atoms with Crippen LogP contribution in [-0.2, 0) is 23.8 Å². The molecule has 2 aromatic heterocycles. The van der Waals surface area contributed by atoms with Crippen LogP contribution in [0, 0.1) is 12.8 Å². The van der Waals surface area contributed by atoms with Crippen LogP contribution >= 0.6 is 34.7 Å². The lowest BCUT2D eigenvalue weighted by Crippen LogP contribution is -2.16. The van der Waals surface area contributed by atoms with Gasteiger partial charge in [0, 0.05) is 21.9 Å². The topological polar surface area (TPSA) is 99.4 Å². The van der Waals surface area contributed by atoms with Gasteiger partial charge in [0.05, 0.1) is 47.0 Å². The molecule has 1 aliphatic heterocycles. The maximum absolute atomic E-state index is 14.3. The van der Waals surface area contributed by atoms with Gasteiger partial charge < -0.3 is 14.6 Å². The summed E-state index contributed by atoms with van der Waals surface area (Å²) in [6.45, 7) is 3.64. The number of benzene rings is 2. The zero-order valence-electron chi connectivity index (χ0n) is 23.6. The van der Waals surface area contributed by atoms with Gasteiger partial charge in [-0.05, 0) is 49.6 Å². The number of alkyl halides is 3. The van der Waals surface area contributed by atoms with Gasteiger partial charge in [-0.15, -0.1) is 33.3 Å². The Kier molecular flexibility index (Phi) is 8.96. The summed E-state index contributed by atoms with van der Waals surface area (Å²) >= 11 is 9.19. The van der Waals surface area contributed by atoms with E-state index in [2.05, 4.69) is 10.2 Å². The van der Waals surface area contributed by atoms with E-state index in [4.69, 9.17) is 26.1 Å². The maximum Gasteiger partial charge on any atom is 0.452 e. The van der Waals surface area contributed by atoms with Crippen LogP contribution in [0.4, 0.5) is 13.2 Å². The molecule has 0 saturated heterocycles. The predicted molar refractivity (Wildman–Crippen MR) is 159 cm³/mol. The molecule has 0 aliphatic carbocycles. The van der Waals surface area contributed by atoms with Gasteiger partial charge >= 0.3 is 12.1 Å². The number of carboxylic acids is 1. The average molecular weight is 653 g/mol. The predicted octanol–water partition coefficient (Wildman–Crippen LogP) is 7.49. The highest BCUT2D eigenvalue weighted by molar-refractivity contribution is 8.00. The number of hydrogen-bond acceptors (Lipinski definition) is 8. The van der Waals surface area contributed by atoms with E-state index in [-0.39, 0.29) is 17.9 Å². The van der Waals surface area contributed by atoms with Crippen LogP contribution in [0.3, 0.4) is 0 Å². The molecule has 3 heterocycles. The number of thiazole rings is 1. The number of hydrogen-bond donors (Lipinski definition) is 1. The third kappa shape index (κ3) is 6.07. The van der Waals surface area contributed by atoms with Crippen LogP contribution in [-0.4, -0.2) is 45.0 Å². The van der Waals surface area contributed by atoms with Gasteiger partial charge in [0.1, 0.15) is 0 Å². The van der Waals surface area contributed by atoms with E-state index in [1.807, 2.05) is 19.9 Å². The number of aliphatic carboxylic acids is 1. The smallest absolute Gasteiger partial charge is 0.452 e. The van der Waals surface area contributed by atoms with Crippen LogP contribution in [0.5, 0.6) is 11.5 Å². The molecule has 1 aliphatic rings. The summed E-state index contributed by atoms with van der Waals surface area (Å²) in [5, 5.41) is 17.1. The van der Waals surface area contributed by atoms with E-state index in [0.717, 1.165) is 9.44 Å². The van der Waals surface area contributed by atoms with E-state index < -0.39 is 34.4 Å². The standard InChI is InChI=1S/C29H28ClF3N4O4S2/c1-5-15(27(38)39)11-21-14(2)34-23(42-21)13-22-26-35-36-28(29(31,32)33)37(26)19-10-9-16(30)12-18(19)25(43-22)17-7-6-8-20(40-3)24(17)41-4/h6-10,12,15,22,25H,5,11,13H2,1-4H3,(H,38,39). The number of carboxylic acid groups (broad SMARTS) is 1. The SMILES string of the molecule is CCC(Cc1sc(CC2SC(c3cccc(OC)c3OC)c3cc(Cl)ccc3-n3c2nnc3C(F)(F)F)nc1C)C(=O)O. The monoisotopic (exact) mass is 652 g/mol. The van der Waals surface area contributed by atoms with Crippen molar-refractivity contribution in [2.45, 2.75) is 49.8 Å².